The first kappa shape index (κ1) is 16.9. The largest absolute Gasteiger partial charge is 0.338 e. The molecule has 0 radical (unpaired) electrons. The summed E-state index contributed by atoms with van der Waals surface area (Å²) in [7, 11) is 1.95. The van der Waals surface area contributed by atoms with Crippen LogP contribution in [0, 0.1) is 11.8 Å². The van der Waals surface area contributed by atoms with Crippen molar-refractivity contribution in [2.45, 2.75) is 26.7 Å². The molecule has 0 aliphatic carbocycles. The topological polar surface area (TPSA) is 73.5 Å². The zero-order valence-corrected chi connectivity index (χ0v) is 12.9. The maximum absolute atomic E-state index is 11.8. The van der Waals surface area contributed by atoms with Gasteiger partial charge in [0.15, 0.2) is 0 Å². The highest BCUT2D eigenvalue weighted by Gasteiger charge is 2.21. The van der Waals surface area contributed by atoms with Crippen LogP contribution in [0.3, 0.4) is 0 Å². The molecule has 1 rings (SSSR count). The van der Waals surface area contributed by atoms with Crippen molar-refractivity contribution in [3.63, 3.8) is 0 Å². The number of imide groups is 1. The average Bonchev–Trinajstić information content (AvgIpc) is 2.37. The van der Waals surface area contributed by atoms with Gasteiger partial charge in [0.2, 0.25) is 5.91 Å². The maximum Gasteiger partial charge on any atom is 0.321 e. The summed E-state index contributed by atoms with van der Waals surface area (Å²) in [5.41, 5.74) is 0. The van der Waals surface area contributed by atoms with E-state index in [4.69, 9.17) is 0 Å². The predicted molar refractivity (Wildman–Crippen MR) is 79.5 cm³/mol. The molecule has 0 saturated carbocycles. The molecule has 1 aliphatic heterocycles. The average molecular weight is 284 g/mol. The summed E-state index contributed by atoms with van der Waals surface area (Å²) in [6, 6.07) is -0.396. The molecular formula is C14H28N4O2. The number of hydrogen-bond donors (Lipinski definition) is 3. The second-order valence-corrected chi connectivity index (χ2v) is 5.95. The molecule has 1 heterocycles. The number of piperidine rings is 1. The van der Waals surface area contributed by atoms with Gasteiger partial charge in [0.1, 0.15) is 0 Å². The lowest BCUT2D eigenvalue weighted by atomic mass is 9.98. The van der Waals surface area contributed by atoms with Crippen molar-refractivity contribution in [3.05, 3.63) is 0 Å². The SMILES string of the molecule is CNCC1CCCN(CC(=O)NC(=O)NCC(C)C)C1. The van der Waals surface area contributed by atoms with Crippen LogP contribution in [0.15, 0.2) is 0 Å². The van der Waals surface area contributed by atoms with Crippen molar-refractivity contribution in [2.24, 2.45) is 11.8 Å². The number of carbonyl (C=O) groups excluding carboxylic acids is 2. The van der Waals surface area contributed by atoms with E-state index in [2.05, 4.69) is 20.9 Å². The third-order valence-corrected chi connectivity index (χ3v) is 3.39. The Morgan fingerprint density at radius 2 is 2.10 bits per heavy atom. The highest BCUT2D eigenvalue weighted by atomic mass is 16.2. The summed E-state index contributed by atoms with van der Waals surface area (Å²) >= 11 is 0. The number of urea groups is 1. The summed E-state index contributed by atoms with van der Waals surface area (Å²) in [5, 5.41) is 8.24. The zero-order valence-electron chi connectivity index (χ0n) is 12.9. The first-order valence-electron chi connectivity index (χ1n) is 7.46. The molecule has 1 aliphatic rings. The Morgan fingerprint density at radius 1 is 1.35 bits per heavy atom. The van der Waals surface area contributed by atoms with Crippen LogP contribution in [0.1, 0.15) is 26.7 Å². The van der Waals surface area contributed by atoms with Crippen LogP contribution >= 0.6 is 0 Å². The van der Waals surface area contributed by atoms with Crippen LogP contribution in [0.4, 0.5) is 4.79 Å². The molecule has 1 unspecified atom stereocenters. The minimum absolute atomic E-state index is 0.226. The van der Waals surface area contributed by atoms with E-state index in [-0.39, 0.29) is 5.91 Å². The van der Waals surface area contributed by atoms with E-state index in [0.717, 1.165) is 26.1 Å². The van der Waals surface area contributed by atoms with Gasteiger partial charge in [0, 0.05) is 13.1 Å². The fourth-order valence-corrected chi connectivity index (χ4v) is 2.46. The smallest absolute Gasteiger partial charge is 0.321 e. The van der Waals surface area contributed by atoms with E-state index >= 15 is 0 Å². The highest BCUT2D eigenvalue weighted by Crippen LogP contribution is 2.14. The number of amides is 3. The lowest BCUT2D eigenvalue weighted by molar-refractivity contribution is -0.121. The van der Waals surface area contributed by atoms with E-state index < -0.39 is 6.03 Å². The van der Waals surface area contributed by atoms with Crippen molar-refractivity contribution >= 4 is 11.9 Å². The molecule has 0 spiro atoms. The maximum atomic E-state index is 11.8. The molecule has 3 N–H and O–H groups in total. The van der Waals surface area contributed by atoms with Crippen molar-refractivity contribution in [3.8, 4) is 0 Å². The molecule has 6 nitrogen and oxygen atoms in total. The molecule has 1 fully saturated rings. The Kier molecular flexibility index (Phi) is 7.54. The Balaban J connectivity index is 2.25. The summed E-state index contributed by atoms with van der Waals surface area (Å²) in [6.07, 6.45) is 2.31. The zero-order chi connectivity index (χ0) is 15.0. The number of likely N-dealkylation sites (tertiary alicyclic amines) is 1. The molecule has 0 bridgehead atoms. The molecule has 0 aromatic heterocycles. The molecule has 1 saturated heterocycles. The fourth-order valence-electron chi connectivity index (χ4n) is 2.46. The van der Waals surface area contributed by atoms with Gasteiger partial charge in [-0.25, -0.2) is 4.79 Å². The van der Waals surface area contributed by atoms with Gasteiger partial charge in [-0.1, -0.05) is 13.8 Å². The molecule has 20 heavy (non-hydrogen) atoms. The minimum atomic E-state index is -0.396. The molecule has 1 atom stereocenters. The Morgan fingerprint density at radius 3 is 2.75 bits per heavy atom. The first-order chi connectivity index (χ1) is 9.51. The fraction of sp³-hybridized carbons (Fsp3) is 0.857. The second kappa shape index (κ2) is 8.92. The van der Waals surface area contributed by atoms with Crippen LogP contribution in [0.2, 0.25) is 0 Å². The molecule has 116 valence electrons. The van der Waals surface area contributed by atoms with Crippen LogP contribution in [0.25, 0.3) is 0 Å². The number of nitrogens with zero attached hydrogens (tertiary/aromatic N) is 1. The summed E-state index contributed by atoms with van der Waals surface area (Å²) in [5.74, 6) is 0.743. The van der Waals surface area contributed by atoms with Crippen molar-refractivity contribution < 1.29 is 9.59 Å². The standard InChI is InChI=1S/C14H28N4O2/c1-11(2)7-16-14(20)17-13(19)10-18-6-4-5-12(9-18)8-15-3/h11-12,15H,4-10H2,1-3H3,(H2,16,17,19,20). The van der Waals surface area contributed by atoms with Gasteiger partial charge in [-0.05, 0) is 44.8 Å². The van der Waals surface area contributed by atoms with Crippen molar-refractivity contribution in [2.75, 3.05) is 39.8 Å². The Bertz CT molecular complexity index is 318. The van der Waals surface area contributed by atoms with Gasteiger partial charge in [-0.3, -0.25) is 15.0 Å². The first-order valence-corrected chi connectivity index (χ1v) is 7.46. The van der Waals surface area contributed by atoms with Crippen molar-refractivity contribution in [1.82, 2.24) is 20.9 Å². The monoisotopic (exact) mass is 284 g/mol. The molecule has 3 amide bonds. The lowest BCUT2D eigenvalue weighted by Gasteiger charge is -2.32. The molecule has 6 heteroatoms. The van der Waals surface area contributed by atoms with Crippen LogP contribution in [-0.2, 0) is 4.79 Å². The van der Waals surface area contributed by atoms with Gasteiger partial charge >= 0.3 is 6.03 Å². The van der Waals surface area contributed by atoms with E-state index in [1.54, 1.807) is 0 Å². The van der Waals surface area contributed by atoms with Gasteiger partial charge < -0.3 is 10.6 Å². The van der Waals surface area contributed by atoms with E-state index in [1.165, 1.54) is 6.42 Å². The van der Waals surface area contributed by atoms with Crippen molar-refractivity contribution in [1.29, 1.82) is 0 Å². The molecule has 0 aromatic rings. The minimum Gasteiger partial charge on any atom is -0.338 e. The number of carbonyl (C=O) groups is 2. The summed E-state index contributed by atoms with van der Waals surface area (Å²) in [4.78, 5) is 25.4. The van der Waals surface area contributed by atoms with Crippen LogP contribution < -0.4 is 16.0 Å². The number of nitrogens with one attached hydrogen (secondary N) is 3. The number of rotatable bonds is 6. The van der Waals surface area contributed by atoms with Crippen LogP contribution in [0.5, 0.6) is 0 Å². The van der Waals surface area contributed by atoms with E-state index in [0.29, 0.717) is 24.9 Å². The molecular weight excluding hydrogens is 256 g/mol. The lowest BCUT2D eigenvalue weighted by Crippen LogP contribution is -2.48. The Hall–Kier alpha value is -1.14. The Labute approximate surface area is 121 Å². The highest BCUT2D eigenvalue weighted by molar-refractivity contribution is 5.95. The van der Waals surface area contributed by atoms with E-state index in [1.807, 2.05) is 20.9 Å². The van der Waals surface area contributed by atoms with Gasteiger partial charge in [0.25, 0.3) is 0 Å². The molecule has 0 aromatic carbocycles. The van der Waals surface area contributed by atoms with E-state index in [9.17, 15) is 9.59 Å². The third kappa shape index (κ3) is 6.86. The van der Waals surface area contributed by atoms with Crippen LogP contribution in [-0.4, -0.2) is 56.6 Å². The second-order valence-electron chi connectivity index (χ2n) is 5.95. The predicted octanol–water partition coefficient (Wildman–Crippen LogP) is 0.400. The van der Waals surface area contributed by atoms with Gasteiger partial charge in [0.05, 0.1) is 6.54 Å². The van der Waals surface area contributed by atoms with Gasteiger partial charge in [-0.2, -0.15) is 0 Å². The quantitative estimate of drug-likeness (QED) is 0.660. The number of hydrogen-bond acceptors (Lipinski definition) is 4. The normalized spacial score (nSPS) is 19.9. The third-order valence-electron chi connectivity index (χ3n) is 3.39. The summed E-state index contributed by atoms with van der Waals surface area (Å²) in [6.45, 7) is 7.73. The van der Waals surface area contributed by atoms with Gasteiger partial charge in [-0.15, -0.1) is 0 Å². The summed E-state index contributed by atoms with van der Waals surface area (Å²) < 4.78 is 0.